The van der Waals surface area contributed by atoms with Gasteiger partial charge in [-0.2, -0.15) is 0 Å². The van der Waals surface area contributed by atoms with Crippen LogP contribution in [0, 0.1) is 70.0 Å². The van der Waals surface area contributed by atoms with Gasteiger partial charge < -0.3 is 77.3 Å². The van der Waals surface area contributed by atoms with Crippen molar-refractivity contribution in [3.05, 3.63) is 70.9 Å². The van der Waals surface area contributed by atoms with Crippen LogP contribution in [0.3, 0.4) is 0 Å². The number of aliphatic hydroxyl groups excluding tert-OH is 3. The van der Waals surface area contributed by atoms with Crippen molar-refractivity contribution in [2.24, 2.45) is 70.0 Å². The first-order valence-electron chi connectivity index (χ1n) is 35.8. The second-order valence-electron chi connectivity index (χ2n) is 31.6. The van der Waals surface area contributed by atoms with E-state index in [-0.39, 0.29) is 54.6 Å². The first kappa shape index (κ1) is 69.2. The van der Waals surface area contributed by atoms with Gasteiger partial charge in [-0.1, -0.05) is 110 Å². The Morgan fingerprint density at radius 1 is 0.793 bits per heavy atom. The zero-order valence-electron chi connectivity index (χ0n) is 57.7. The number of hydrogen-bond donors (Lipinski definition) is 4. The number of ether oxygens (including phenoxy) is 12. The molecule has 0 aromatic rings. The Labute approximate surface area is 548 Å². The standard InChI is InChI=1S/C48H72O14.C27H42O3/c1-11-25(2)43-28(5)17-18-47(62-43)23-34-20-33(61-47)16-15-27(4)42(26(3)13-12-14-32-24-55-45-40(49)29(6)19-35(46(51)58-34)48(32,45)52)59-39-22-37(54-10)44(31(8)57-39)60-38-21-36(53-9)41(50)30(7)56-38;1-16-7-12-27(29-15-16)17(2)24-23(30-27)14-22-20-6-5-18-13-19(28)8-10-25(18,3)21(20)9-11-26(22,24)4/h12-15,17-19,25-26,28,30-31,33-45,49-50,52H,11,16,20-24H2,1-10H3;9,16-20,22-24,28H,5-8,10-15H2,1-4H3. The molecule has 6 saturated heterocycles. The molecule has 3 saturated carbocycles. The van der Waals surface area contributed by atoms with Crippen molar-refractivity contribution in [1.29, 1.82) is 0 Å². The Balaban J connectivity index is 0.000000224. The highest BCUT2D eigenvalue weighted by Crippen LogP contribution is 2.70. The zero-order chi connectivity index (χ0) is 65.6. The van der Waals surface area contributed by atoms with Gasteiger partial charge in [0.15, 0.2) is 24.2 Å². The maximum atomic E-state index is 14.3. The predicted octanol–water partition coefficient (Wildman–Crippen LogP) is 11.1. The first-order valence-corrected chi connectivity index (χ1v) is 35.8. The van der Waals surface area contributed by atoms with Crippen LogP contribution in [0.25, 0.3) is 0 Å². The molecule has 8 aliphatic heterocycles. The monoisotopic (exact) mass is 1290 g/mol. The van der Waals surface area contributed by atoms with Crippen molar-refractivity contribution in [2.75, 3.05) is 27.4 Å². The molecule has 13 rings (SSSR count). The van der Waals surface area contributed by atoms with Gasteiger partial charge >= 0.3 is 5.97 Å². The maximum Gasteiger partial charge on any atom is 0.316 e. The summed E-state index contributed by atoms with van der Waals surface area (Å²) < 4.78 is 77.0. The summed E-state index contributed by atoms with van der Waals surface area (Å²) in [6.07, 6.45) is 22.1. The van der Waals surface area contributed by atoms with E-state index in [1.54, 1.807) is 45.8 Å². The SMILES string of the molecule is CC1CCC2(OC1)OC1CC3C4CCC5CC(O)CCC5(C)C4=CCC3(C)C1C2C.CCC(C)C1OC2(C=CC1C)CC1CC(CC=C(C)C(OC3CC(OC)C(OC4CC(OC)C(O)C(C)O4)C(C)O3)C(C)C=CC=C3COC4C(O)C(C)=CC(C(=O)O1)C34O)O2. The number of allylic oxidation sites excluding steroid dienone is 4. The van der Waals surface area contributed by atoms with E-state index in [1.165, 1.54) is 38.5 Å². The topological polar surface area (TPSA) is 209 Å². The van der Waals surface area contributed by atoms with E-state index in [0.29, 0.717) is 83.9 Å². The van der Waals surface area contributed by atoms with Gasteiger partial charge in [0.1, 0.15) is 42.0 Å². The van der Waals surface area contributed by atoms with E-state index in [2.05, 4.69) is 73.6 Å². The number of carbonyl (C=O) groups excluding carboxylic acids is 1. The van der Waals surface area contributed by atoms with Crippen LogP contribution in [0.1, 0.15) is 179 Å². The molecule has 5 aliphatic carbocycles. The van der Waals surface area contributed by atoms with Gasteiger partial charge in [0, 0.05) is 64.1 Å². The van der Waals surface area contributed by atoms with Crippen LogP contribution >= 0.6 is 0 Å². The molecule has 0 aromatic carbocycles. The van der Waals surface area contributed by atoms with Crippen LogP contribution < -0.4 is 0 Å². The van der Waals surface area contributed by atoms with Crippen molar-refractivity contribution < 1.29 is 82.1 Å². The molecule has 8 heterocycles. The van der Waals surface area contributed by atoms with Crippen molar-refractivity contribution in [1.82, 2.24) is 0 Å². The van der Waals surface area contributed by atoms with Crippen molar-refractivity contribution in [3.8, 4) is 0 Å². The van der Waals surface area contributed by atoms with Gasteiger partial charge in [0.05, 0.1) is 68.1 Å². The smallest absolute Gasteiger partial charge is 0.316 e. The highest BCUT2D eigenvalue weighted by molar-refractivity contribution is 5.78. The maximum absolute atomic E-state index is 14.3. The minimum atomic E-state index is -1.84. The van der Waals surface area contributed by atoms with Crippen LogP contribution in [0.15, 0.2) is 70.9 Å². The molecule has 31 atom stereocenters. The average Bonchev–Trinajstić information content (AvgIpc) is 1.51. The summed E-state index contributed by atoms with van der Waals surface area (Å²) in [4.78, 5) is 14.3. The van der Waals surface area contributed by atoms with Crippen LogP contribution in [-0.4, -0.2) is 169 Å². The summed E-state index contributed by atoms with van der Waals surface area (Å²) in [6.45, 7) is 26.8. The number of carbonyl (C=O) groups is 1. The molecule has 2 spiro atoms. The minimum absolute atomic E-state index is 0.0317. The summed E-state index contributed by atoms with van der Waals surface area (Å²) in [7, 11) is 3.22. The van der Waals surface area contributed by atoms with Crippen molar-refractivity contribution in [2.45, 2.75) is 295 Å². The highest BCUT2D eigenvalue weighted by Gasteiger charge is 2.68. The molecule has 0 amide bonds. The molecule has 92 heavy (non-hydrogen) atoms. The lowest BCUT2D eigenvalue weighted by Crippen LogP contribution is -2.58. The Morgan fingerprint density at radius 3 is 2.28 bits per heavy atom. The fourth-order valence-electron chi connectivity index (χ4n) is 20.1. The van der Waals surface area contributed by atoms with Gasteiger partial charge in [0.2, 0.25) is 0 Å². The molecule has 0 aromatic heterocycles. The van der Waals surface area contributed by atoms with E-state index >= 15 is 0 Å². The van der Waals surface area contributed by atoms with Gasteiger partial charge in [-0.25, -0.2) is 0 Å². The molecule has 516 valence electrons. The second-order valence-corrected chi connectivity index (χ2v) is 31.6. The van der Waals surface area contributed by atoms with Crippen LogP contribution in [-0.2, 0) is 61.6 Å². The summed E-state index contributed by atoms with van der Waals surface area (Å²) in [5, 5.41) is 44.5. The summed E-state index contributed by atoms with van der Waals surface area (Å²) in [5.41, 5.74) is 2.59. The van der Waals surface area contributed by atoms with Gasteiger partial charge in [0.25, 0.3) is 0 Å². The highest BCUT2D eigenvalue weighted by atomic mass is 16.7. The lowest BCUT2D eigenvalue weighted by atomic mass is 9.48. The van der Waals surface area contributed by atoms with Crippen LogP contribution in [0.4, 0.5) is 0 Å². The first-order chi connectivity index (χ1) is 43.8. The molecule has 17 nitrogen and oxygen atoms in total. The molecule has 2 bridgehead atoms. The van der Waals surface area contributed by atoms with Gasteiger partial charge in [-0.05, 0) is 155 Å². The zero-order valence-corrected chi connectivity index (χ0v) is 57.7. The van der Waals surface area contributed by atoms with Crippen molar-refractivity contribution >= 4 is 5.97 Å². The summed E-state index contributed by atoms with van der Waals surface area (Å²) >= 11 is 0. The molecule has 17 heteroatoms. The van der Waals surface area contributed by atoms with E-state index in [1.807, 2.05) is 32.1 Å². The third-order valence-corrected chi connectivity index (χ3v) is 25.8. The third-order valence-electron chi connectivity index (χ3n) is 25.8. The molecule has 31 unspecified atom stereocenters. The van der Waals surface area contributed by atoms with Crippen LogP contribution in [0.5, 0.6) is 0 Å². The molecule has 0 radical (unpaired) electrons. The van der Waals surface area contributed by atoms with E-state index in [9.17, 15) is 25.2 Å². The normalized spacial score (nSPS) is 51.2. The fraction of sp³-hybridized carbons (Fsp3) is 0.827. The van der Waals surface area contributed by atoms with Gasteiger partial charge in [-0.3, -0.25) is 4.79 Å². The predicted molar refractivity (Wildman–Crippen MR) is 345 cm³/mol. The Bertz CT molecular complexity index is 2800. The van der Waals surface area contributed by atoms with E-state index < -0.39 is 90.8 Å². The number of fused-ring (bicyclic) bond motifs is 9. The quantitative estimate of drug-likeness (QED) is 0.132. The van der Waals surface area contributed by atoms with Gasteiger partial charge in [-0.15, -0.1) is 0 Å². The van der Waals surface area contributed by atoms with E-state index in [0.717, 1.165) is 49.7 Å². The number of aliphatic hydroxyl groups is 4. The number of methoxy groups -OCH3 is 2. The molecule has 13 aliphatic rings. The molecule has 9 fully saturated rings. The fourth-order valence-corrected chi connectivity index (χ4v) is 20.1. The van der Waals surface area contributed by atoms with Crippen molar-refractivity contribution in [3.63, 3.8) is 0 Å². The Hall–Kier alpha value is -2.69. The third kappa shape index (κ3) is 12.7. The number of hydrogen-bond acceptors (Lipinski definition) is 17. The second kappa shape index (κ2) is 27.2. The lowest BCUT2D eigenvalue weighted by Gasteiger charge is -2.57. The minimum Gasteiger partial charge on any atom is -0.462 e. The number of rotatable bonds is 8. The Morgan fingerprint density at radius 2 is 1.54 bits per heavy atom. The molecular weight excluding hydrogens is 1170 g/mol. The number of esters is 1. The van der Waals surface area contributed by atoms with E-state index in [4.69, 9.17) is 56.8 Å². The summed E-state index contributed by atoms with van der Waals surface area (Å²) in [5.74, 6) is 1.12. The molecular formula is C75H114O17. The van der Waals surface area contributed by atoms with Crippen LogP contribution in [0.2, 0.25) is 0 Å². The molecule has 4 N–H and O–H groups in total. The lowest BCUT2D eigenvalue weighted by molar-refractivity contribution is -0.318. The largest absolute Gasteiger partial charge is 0.462 e. The summed E-state index contributed by atoms with van der Waals surface area (Å²) in [6, 6.07) is 0. The average molecular weight is 1290 g/mol. The Kier molecular flexibility index (Phi) is 20.5.